The van der Waals surface area contributed by atoms with Crippen molar-refractivity contribution in [2.45, 2.75) is 0 Å². The van der Waals surface area contributed by atoms with Gasteiger partial charge < -0.3 is 0 Å². The van der Waals surface area contributed by atoms with Crippen LogP contribution in [0.15, 0.2) is 18.2 Å². The zero-order chi connectivity index (χ0) is 7.68. The molecule has 11 heavy (non-hydrogen) atoms. The molecule has 0 bridgehead atoms. The van der Waals surface area contributed by atoms with Crippen LogP contribution >= 0.6 is 13.6 Å². The van der Waals surface area contributed by atoms with E-state index in [0.29, 0.717) is 6.79 Å². The summed E-state index contributed by atoms with van der Waals surface area (Å²) in [6.45, 7) is 0.369. The molecule has 0 radical (unpaired) electrons. The third-order valence-corrected chi connectivity index (χ3v) is 6.53. The molecule has 2 nitrogen and oxygen atoms in total. The zero-order valence-corrected chi connectivity index (χ0v) is 10.4. The number of rotatable bonds is 1. The summed E-state index contributed by atoms with van der Waals surface area (Å²) < 4.78 is 11.8. The van der Waals surface area contributed by atoms with Crippen LogP contribution in [0.4, 0.5) is 0 Å². The first-order valence-electron chi connectivity index (χ1n) is 3.34. The van der Waals surface area contributed by atoms with E-state index in [1.54, 1.807) is 0 Å². The number of halogens is 1. The van der Waals surface area contributed by atoms with Crippen molar-refractivity contribution in [2.24, 2.45) is 0 Å². The molecule has 0 atom stereocenters. The summed E-state index contributed by atoms with van der Waals surface area (Å²) in [4.78, 5) is 0. The summed E-state index contributed by atoms with van der Waals surface area (Å²) in [5, 5.41) is 0. The Hall–Kier alpha value is -0.0766. The van der Waals surface area contributed by atoms with Gasteiger partial charge >= 0.3 is 78.9 Å². The normalized spacial score (nSPS) is 12.8. The van der Waals surface area contributed by atoms with Gasteiger partial charge in [-0.2, -0.15) is 0 Å². The number of hydrogen-bond donors (Lipinski definition) is 0. The number of benzene rings is 1. The molecule has 4 heteroatoms. The summed E-state index contributed by atoms with van der Waals surface area (Å²) in [5.74, 6) is 1.77. The van der Waals surface area contributed by atoms with Crippen molar-refractivity contribution >= 4 is 17.8 Å². The van der Waals surface area contributed by atoms with Crippen LogP contribution in [0.3, 0.4) is 0 Å². The van der Waals surface area contributed by atoms with Crippen molar-refractivity contribution in [3.8, 4) is 11.5 Å². The van der Waals surface area contributed by atoms with Crippen molar-refractivity contribution in [1.82, 2.24) is 0 Å². The van der Waals surface area contributed by atoms with Gasteiger partial charge in [0.2, 0.25) is 0 Å². The second-order valence-corrected chi connectivity index (χ2v) is 7.51. The second-order valence-electron chi connectivity index (χ2n) is 2.32. The molecule has 0 aliphatic carbocycles. The van der Waals surface area contributed by atoms with Gasteiger partial charge in [0, 0.05) is 0 Å². The minimum absolute atomic E-state index is 0.369. The first kappa shape index (κ1) is 7.57. The quantitative estimate of drug-likeness (QED) is 0.716. The molecule has 0 aromatic heterocycles. The molecule has 2 rings (SSSR count). The molecule has 0 amide bonds. The molecule has 1 aliphatic heterocycles. The zero-order valence-electron chi connectivity index (χ0n) is 5.84. The van der Waals surface area contributed by atoms with Crippen molar-refractivity contribution in [3.63, 3.8) is 0 Å². The molecule has 1 aromatic rings. The van der Waals surface area contributed by atoms with Crippen molar-refractivity contribution < 1.29 is 24.6 Å². The average molecular weight is 266 g/mol. The first-order chi connectivity index (χ1) is 5.40. The molecule has 1 aliphatic rings. The van der Waals surface area contributed by atoms with Crippen molar-refractivity contribution in [1.29, 1.82) is 0 Å². The predicted molar refractivity (Wildman–Crippen MR) is 41.1 cm³/mol. The molecule has 1 heterocycles. The Bertz CT molecular complexity index is 277. The maximum absolute atomic E-state index is 5.23. The average Bonchev–Trinajstić information content (AvgIpc) is 2.50. The standard InChI is InChI=1S/C7H5O2.BrH.Zn/c1-2-4-7-6(3-1)8-5-9-7;;/h1,3-4H,5H2;1H;/q;;+1/p-1. The van der Waals surface area contributed by atoms with Crippen LogP contribution in [0.5, 0.6) is 11.5 Å². The van der Waals surface area contributed by atoms with Gasteiger partial charge in [0.1, 0.15) is 0 Å². The van der Waals surface area contributed by atoms with Gasteiger partial charge in [0.15, 0.2) is 0 Å². The van der Waals surface area contributed by atoms with Crippen LogP contribution < -0.4 is 13.6 Å². The van der Waals surface area contributed by atoms with E-state index in [1.807, 2.05) is 6.07 Å². The fourth-order valence-electron chi connectivity index (χ4n) is 1.02. The monoisotopic (exact) mass is 264 g/mol. The third-order valence-electron chi connectivity index (χ3n) is 1.59. The van der Waals surface area contributed by atoms with Gasteiger partial charge in [-0.1, -0.05) is 0 Å². The summed E-state index contributed by atoms with van der Waals surface area (Å²) in [5.41, 5.74) is 0. The van der Waals surface area contributed by atoms with Gasteiger partial charge in [0.25, 0.3) is 0 Å². The summed E-state index contributed by atoms with van der Waals surface area (Å²) in [6.07, 6.45) is 0. The Balaban J connectivity index is 2.41. The predicted octanol–water partition coefficient (Wildman–Crippen LogP) is 1.43. The SMILES string of the molecule is [Br][Zn][c]1ccc2c(c1)OCO2. The molecule has 0 saturated heterocycles. The van der Waals surface area contributed by atoms with Gasteiger partial charge in [-0.25, -0.2) is 0 Å². The Morgan fingerprint density at radius 3 is 2.91 bits per heavy atom. The Morgan fingerprint density at radius 2 is 2.09 bits per heavy atom. The molecule has 0 unspecified atom stereocenters. The van der Waals surface area contributed by atoms with E-state index in [9.17, 15) is 0 Å². The number of fused-ring (bicyclic) bond motifs is 1. The topological polar surface area (TPSA) is 18.5 Å². The molecular weight excluding hydrogens is 261 g/mol. The van der Waals surface area contributed by atoms with Crippen LogP contribution in [-0.4, -0.2) is 6.79 Å². The van der Waals surface area contributed by atoms with Crippen LogP contribution in [0.1, 0.15) is 0 Å². The Labute approximate surface area is 78.8 Å². The third kappa shape index (κ3) is 1.42. The van der Waals surface area contributed by atoms with E-state index < -0.39 is 15.2 Å². The molecule has 0 N–H and O–H groups in total. The molecule has 1 aromatic carbocycles. The van der Waals surface area contributed by atoms with Crippen LogP contribution in [0.2, 0.25) is 0 Å². The van der Waals surface area contributed by atoms with Crippen LogP contribution in [0.25, 0.3) is 0 Å². The van der Waals surface area contributed by atoms with E-state index in [-0.39, 0.29) is 0 Å². The minimum atomic E-state index is -0.636. The van der Waals surface area contributed by atoms with Crippen molar-refractivity contribution in [2.75, 3.05) is 6.79 Å². The van der Waals surface area contributed by atoms with Crippen molar-refractivity contribution in [3.05, 3.63) is 18.2 Å². The van der Waals surface area contributed by atoms with E-state index in [4.69, 9.17) is 9.47 Å². The maximum atomic E-state index is 5.23. The fourth-order valence-corrected chi connectivity index (χ4v) is 3.82. The van der Waals surface area contributed by atoms with Gasteiger partial charge in [-0.15, -0.1) is 0 Å². The number of hydrogen-bond acceptors (Lipinski definition) is 2. The van der Waals surface area contributed by atoms with E-state index in [2.05, 4.69) is 25.8 Å². The molecule has 0 spiro atoms. The summed E-state index contributed by atoms with van der Waals surface area (Å²) in [7, 11) is 0. The second kappa shape index (κ2) is 3.12. The summed E-state index contributed by atoms with van der Waals surface area (Å²) >= 11 is 2.92. The molecule has 0 saturated carbocycles. The van der Waals surface area contributed by atoms with E-state index in [0.717, 1.165) is 11.5 Å². The Morgan fingerprint density at radius 1 is 1.27 bits per heavy atom. The number of ether oxygens (including phenoxy) is 2. The van der Waals surface area contributed by atoms with E-state index in [1.165, 1.54) is 4.16 Å². The van der Waals surface area contributed by atoms with Gasteiger partial charge in [-0.3, -0.25) is 0 Å². The molecule has 0 fully saturated rings. The first-order valence-corrected chi connectivity index (χ1v) is 11.8. The Kier molecular flexibility index (Phi) is 2.14. The fraction of sp³-hybridized carbons (Fsp3) is 0.143. The summed E-state index contributed by atoms with van der Waals surface area (Å²) in [6, 6.07) is 6.14. The van der Waals surface area contributed by atoms with Crippen LogP contribution in [0, 0.1) is 0 Å². The van der Waals surface area contributed by atoms with E-state index >= 15 is 0 Å². The van der Waals surface area contributed by atoms with Crippen LogP contribution in [-0.2, 0) is 15.2 Å². The molecule has 54 valence electrons. The van der Waals surface area contributed by atoms with Gasteiger partial charge in [0.05, 0.1) is 0 Å². The molecular formula is C7H5BrO2Zn. The van der Waals surface area contributed by atoms with Gasteiger partial charge in [-0.05, 0) is 0 Å².